The van der Waals surface area contributed by atoms with Crippen LogP contribution in [0.1, 0.15) is 10.4 Å². The molecule has 0 bridgehead atoms. The quantitative estimate of drug-likeness (QED) is 0.605. The summed E-state index contributed by atoms with van der Waals surface area (Å²) in [5.74, 6) is -0.719. The summed E-state index contributed by atoms with van der Waals surface area (Å²) in [6.45, 7) is 0. The number of aromatic amines is 2. The molecule has 0 saturated heterocycles. The van der Waals surface area contributed by atoms with E-state index in [0.717, 1.165) is 0 Å². The fraction of sp³-hybridized carbons (Fsp3) is 0.100. The highest BCUT2D eigenvalue weighted by Crippen LogP contribution is 2.12. The first kappa shape index (κ1) is 11.4. The van der Waals surface area contributed by atoms with E-state index in [4.69, 9.17) is 11.6 Å². The van der Waals surface area contributed by atoms with Crippen LogP contribution in [-0.4, -0.2) is 22.0 Å². The van der Waals surface area contributed by atoms with Crippen LogP contribution in [0.25, 0.3) is 10.9 Å². The van der Waals surface area contributed by atoms with Gasteiger partial charge in [0.05, 0.1) is 16.5 Å². The van der Waals surface area contributed by atoms with Crippen LogP contribution < -0.4 is 11.2 Å². The van der Waals surface area contributed by atoms with E-state index >= 15 is 0 Å². The Balaban J connectivity index is 2.78. The van der Waals surface area contributed by atoms with Crippen molar-refractivity contribution in [1.29, 1.82) is 0 Å². The van der Waals surface area contributed by atoms with Gasteiger partial charge in [0.25, 0.3) is 5.56 Å². The first-order valence-electron chi connectivity index (χ1n) is 4.62. The van der Waals surface area contributed by atoms with Crippen LogP contribution in [0, 0.1) is 0 Å². The summed E-state index contributed by atoms with van der Waals surface area (Å²) in [6.07, 6.45) is 0. The largest absolute Gasteiger partial charge is 0.446 e. The topological polar surface area (TPSA) is 92.0 Å². The fourth-order valence-corrected chi connectivity index (χ4v) is 1.62. The first-order valence-corrected chi connectivity index (χ1v) is 5.15. The maximum absolute atomic E-state index is 11.6. The number of carbonyl (C=O) groups excluding carboxylic acids is 1. The second-order valence-corrected chi connectivity index (χ2v) is 3.40. The Morgan fingerprint density at radius 1 is 1.29 bits per heavy atom. The monoisotopic (exact) mass is 254 g/mol. The number of fused-ring (bicyclic) bond motifs is 1. The minimum atomic E-state index is -0.719. The molecule has 2 aromatic rings. The molecule has 17 heavy (non-hydrogen) atoms. The number of nitrogens with one attached hydrogen (secondary N) is 2. The Hall–Kier alpha value is -2.08. The Bertz CT molecular complexity index is 689. The van der Waals surface area contributed by atoms with Gasteiger partial charge in [0, 0.05) is 0 Å². The normalized spacial score (nSPS) is 10.4. The van der Waals surface area contributed by atoms with Crippen LogP contribution in [0.5, 0.6) is 0 Å². The average molecular weight is 255 g/mol. The Morgan fingerprint density at radius 2 is 2.06 bits per heavy atom. The molecule has 2 rings (SSSR count). The molecular formula is C10H7ClN2O4. The van der Waals surface area contributed by atoms with Gasteiger partial charge in [0.15, 0.2) is 6.07 Å². The number of alkyl halides is 1. The molecule has 1 aromatic carbocycles. The highest BCUT2D eigenvalue weighted by atomic mass is 35.5. The van der Waals surface area contributed by atoms with Gasteiger partial charge >= 0.3 is 11.7 Å². The van der Waals surface area contributed by atoms with Gasteiger partial charge in [-0.2, -0.15) is 0 Å². The SMILES string of the molecule is O=C(OCCl)c1cccc2[nH]c(=O)[nH]c(=O)c12. The van der Waals surface area contributed by atoms with Gasteiger partial charge in [-0.15, -0.1) is 0 Å². The third-order valence-electron chi connectivity index (χ3n) is 2.17. The van der Waals surface area contributed by atoms with E-state index in [1.54, 1.807) is 0 Å². The molecular weight excluding hydrogens is 248 g/mol. The molecule has 0 fully saturated rings. The zero-order valence-corrected chi connectivity index (χ0v) is 9.21. The molecule has 0 unspecified atom stereocenters. The zero-order chi connectivity index (χ0) is 12.4. The lowest BCUT2D eigenvalue weighted by Crippen LogP contribution is -2.23. The number of benzene rings is 1. The summed E-state index contributed by atoms with van der Waals surface area (Å²) in [7, 11) is 0. The van der Waals surface area contributed by atoms with E-state index in [9.17, 15) is 14.4 Å². The van der Waals surface area contributed by atoms with Crippen molar-refractivity contribution >= 4 is 28.5 Å². The predicted molar refractivity (Wildman–Crippen MR) is 61.3 cm³/mol. The van der Waals surface area contributed by atoms with Gasteiger partial charge in [-0.3, -0.25) is 9.78 Å². The number of ether oxygens (including phenoxy) is 1. The fourth-order valence-electron chi connectivity index (χ4n) is 1.52. The summed E-state index contributed by atoms with van der Waals surface area (Å²) in [5.41, 5.74) is -0.959. The van der Waals surface area contributed by atoms with Crippen LogP contribution in [0.15, 0.2) is 27.8 Å². The molecule has 0 aliphatic heterocycles. The summed E-state index contributed by atoms with van der Waals surface area (Å²) in [4.78, 5) is 38.7. The van der Waals surface area contributed by atoms with Gasteiger partial charge < -0.3 is 9.72 Å². The van der Waals surface area contributed by atoms with Crippen LogP contribution in [0.3, 0.4) is 0 Å². The Kier molecular flexibility index (Phi) is 2.97. The van der Waals surface area contributed by atoms with Crippen LogP contribution >= 0.6 is 11.6 Å². The summed E-state index contributed by atoms with van der Waals surface area (Å²) < 4.78 is 4.60. The Morgan fingerprint density at radius 3 is 2.76 bits per heavy atom. The third kappa shape index (κ3) is 2.07. The van der Waals surface area contributed by atoms with Gasteiger partial charge in [0.2, 0.25) is 0 Å². The zero-order valence-electron chi connectivity index (χ0n) is 8.45. The molecule has 0 aliphatic rings. The lowest BCUT2D eigenvalue weighted by Gasteiger charge is -2.03. The highest BCUT2D eigenvalue weighted by Gasteiger charge is 2.14. The number of hydrogen-bond donors (Lipinski definition) is 2. The number of aromatic nitrogens is 2. The second kappa shape index (κ2) is 4.42. The molecule has 6 nitrogen and oxygen atoms in total. The van der Waals surface area contributed by atoms with Crippen LogP contribution in [-0.2, 0) is 4.74 Å². The minimum Gasteiger partial charge on any atom is -0.446 e. The van der Waals surface area contributed by atoms with E-state index < -0.39 is 17.2 Å². The molecule has 0 saturated carbocycles. The number of hydrogen-bond acceptors (Lipinski definition) is 4. The van der Waals surface area contributed by atoms with Crippen molar-refractivity contribution in [3.63, 3.8) is 0 Å². The van der Waals surface area contributed by atoms with Crippen molar-refractivity contribution < 1.29 is 9.53 Å². The average Bonchev–Trinajstić information content (AvgIpc) is 2.28. The smallest absolute Gasteiger partial charge is 0.340 e. The van der Waals surface area contributed by atoms with Gasteiger partial charge in [-0.05, 0) is 12.1 Å². The van der Waals surface area contributed by atoms with Crippen LogP contribution in [0.2, 0.25) is 0 Å². The van der Waals surface area contributed by atoms with E-state index in [1.807, 2.05) is 4.98 Å². The van der Waals surface area contributed by atoms with Crippen molar-refractivity contribution in [3.05, 3.63) is 44.6 Å². The highest BCUT2D eigenvalue weighted by molar-refractivity contribution is 6.18. The van der Waals surface area contributed by atoms with Crippen LogP contribution in [0.4, 0.5) is 0 Å². The lowest BCUT2D eigenvalue weighted by molar-refractivity contribution is 0.0576. The van der Waals surface area contributed by atoms with Gasteiger partial charge in [0.1, 0.15) is 0 Å². The van der Waals surface area contributed by atoms with E-state index in [1.165, 1.54) is 18.2 Å². The van der Waals surface area contributed by atoms with E-state index in [-0.39, 0.29) is 22.5 Å². The molecule has 7 heteroatoms. The van der Waals surface area contributed by atoms with Gasteiger partial charge in [-0.1, -0.05) is 17.7 Å². The Labute approximate surface area is 99.2 Å². The molecule has 0 amide bonds. The maximum Gasteiger partial charge on any atom is 0.340 e. The summed E-state index contributed by atoms with van der Waals surface area (Å²) in [6, 6.07) is 4.16. The van der Waals surface area contributed by atoms with E-state index in [2.05, 4.69) is 9.72 Å². The number of esters is 1. The predicted octanol–water partition coefficient (Wildman–Crippen LogP) is 0.569. The molecule has 1 aromatic heterocycles. The summed E-state index contributed by atoms with van der Waals surface area (Å²) in [5, 5.41) is 0.0715. The second-order valence-electron chi connectivity index (χ2n) is 3.18. The van der Waals surface area contributed by atoms with Crippen molar-refractivity contribution in [2.24, 2.45) is 0 Å². The maximum atomic E-state index is 11.6. The molecule has 2 N–H and O–H groups in total. The molecule has 0 radical (unpaired) electrons. The van der Waals surface area contributed by atoms with Crippen molar-refractivity contribution in [2.45, 2.75) is 0 Å². The minimum absolute atomic E-state index is 0.0562. The van der Waals surface area contributed by atoms with Crippen molar-refractivity contribution in [1.82, 2.24) is 9.97 Å². The standard InChI is InChI=1S/C10H7ClN2O4/c11-4-17-9(15)5-2-1-3-6-7(5)8(14)13-10(16)12-6/h1-3H,4H2,(H2,12,13,14,16). The molecule has 0 spiro atoms. The number of halogens is 1. The lowest BCUT2D eigenvalue weighted by atomic mass is 10.1. The number of carbonyl (C=O) groups is 1. The first-order chi connectivity index (χ1) is 8.13. The molecule has 0 aliphatic carbocycles. The molecule has 0 atom stereocenters. The number of rotatable bonds is 2. The molecule has 1 heterocycles. The van der Waals surface area contributed by atoms with Gasteiger partial charge in [-0.25, -0.2) is 9.59 Å². The van der Waals surface area contributed by atoms with E-state index in [0.29, 0.717) is 0 Å². The molecule has 88 valence electrons. The van der Waals surface area contributed by atoms with Crippen molar-refractivity contribution in [2.75, 3.05) is 6.07 Å². The third-order valence-corrected chi connectivity index (χ3v) is 2.28. The summed E-state index contributed by atoms with van der Waals surface area (Å²) >= 11 is 5.28. The van der Waals surface area contributed by atoms with Crippen molar-refractivity contribution in [3.8, 4) is 0 Å². The number of H-pyrrole nitrogens is 2.